The Morgan fingerprint density at radius 3 is 2.52 bits per heavy atom. The van der Waals surface area contributed by atoms with Gasteiger partial charge in [-0.2, -0.15) is 0 Å². The molecule has 1 atom stereocenters. The first-order chi connectivity index (χ1) is 12.1. The van der Waals surface area contributed by atoms with Gasteiger partial charge in [-0.15, -0.1) is 0 Å². The second kappa shape index (κ2) is 7.99. The van der Waals surface area contributed by atoms with Crippen LogP contribution >= 0.6 is 8.25 Å². The van der Waals surface area contributed by atoms with E-state index in [4.69, 9.17) is 18.9 Å². The van der Waals surface area contributed by atoms with E-state index in [0.29, 0.717) is 24.0 Å². The van der Waals surface area contributed by atoms with Crippen LogP contribution in [0.25, 0.3) is 10.9 Å². The Bertz CT molecular complexity index is 765. The van der Waals surface area contributed by atoms with Gasteiger partial charge < -0.3 is 23.8 Å². The van der Waals surface area contributed by atoms with Crippen LogP contribution in [0.5, 0.6) is 11.5 Å². The Morgan fingerprint density at radius 1 is 1.20 bits per heavy atom. The Balaban J connectivity index is 1.81. The molecule has 9 heteroatoms. The second-order valence-corrected chi connectivity index (χ2v) is 6.75. The Morgan fingerprint density at radius 2 is 1.88 bits per heavy atom. The average molecular weight is 367 g/mol. The van der Waals surface area contributed by atoms with Crippen molar-refractivity contribution in [3.8, 4) is 11.5 Å². The molecule has 0 radical (unpaired) electrons. The summed E-state index contributed by atoms with van der Waals surface area (Å²) >= 11 is 0. The summed E-state index contributed by atoms with van der Waals surface area (Å²) in [4.78, 5) is 19.8. The molecule has 136 valence electrons. The van der Waals surface area contributed by atoms with Gasteiger partial charge in [0.15, 0.2) is 11.5 Å². The van der Waals surface area contributed by atoms with E-state index in [1.807, 2.05) is 12.1 Å². The first-order valence-electron chi connectivity index (χ1n) is 8.09. The summed E-state index contributed by atoms with van der Waals surface area (Å²) in [6.45, 7) is 1.94. The number of hydrogen-bond acceptors (Lipinski definition) is 7. The van der Waals surface area contributed by atoms with Gasteiger partial charge in [-0.1, -0.05) is 0 Å². The number of hydrogen-bond donors (Lipinski definition) is 1. The lowest BCUT2D eigenvalue weighted by Crippen LogP contribution is -2.35. The number of fused-ring (bicyclic) bond motifs is 1. The predicted octanol–water partition coefficient (Wildman–Crippen LogP) is 2.26. The van der Waals surface area contributed by atoms with Gasteiger partial charge in [-0.25, -0.2) is 9.97 Å². The third-order valence-electron chi connectivity index (χ3n) is 4.48. The van der Waals surface area contributed by atoms with E-state index in [1.54, 1.807) is 20.5 Å². The van der Waals surface area contributed by atoms with Crippen LogP contribution in [0.15, 0.2) is 18.5 Å². The third-order valence-corrected chi connectivity index (χ3v) is 4.89. The van der Waals surface area contributed by atoms with Crippen molar-refractivity contribution in [3.05, 3.63) is 18.5 Å². The SMILES string of the molecule is COc1cc2ncnc(N3CCC(CO[PH](=O)O)CC3)c2cc1OC. The van der Waals surface area contributed by atoms with Crippen molar-refractivity contribution in [2.75, 3.05) is 38.8 Å². The maximum atomic E-state index is 10.7. The summed E-state index contributed by atoms with van der Waals surface area (Å²) in [5, 5.41) is 0.912. The van der Waals surface area contributed by atoms with E-state index in [1.165, 1.54) is 0 Å². The van der Waals surface area contributed by atoms with Crippen molar-refractivity contribution in [2.24, 2.45) is 5.92 Å². The number of piperidine rings is 1. The monoisotopic (exact) mass is 367 g/mol. The van der Waals surface area contributed by atoms with Crippen LogP contribution in [0.3, 0.4) is 0 Å². The van der Waals surface area contributed by atoms with E-state index in [0.717, 1.165) is 42.7 Å². The molecule has 1 aromatic heterocycles. The highest BCUT2D eigenvalue weighted by Crippen LogP contribution is 2.35. The highest BCUT2D eigenvalue weighted by Gasteiger charge is 2.23. The molecular formula is C16H22N3O5P. The molecule has 25 heavy (non-hydrogen) atoms. The van der Waals surface area contributed by atoms with Gasteiger partial charge in [0.05, 0.1) is 26.3 Å². The Hall–Kier alpha value is -1.89. The fourth-order valence-corrected chi connectivity index (χ4v) is 3.50. The van der Waals surface area contributed by atoms with Crippen molar-refractivity contribution >= 4 is 25.0 Å². The first kappa shape index (κ1) is 17.9. The molecule has 0 spiro atoms. The summed E-state index contributed by atoms with van der Waals surface area (Å²) < 4.78 is 26.3. The second-order valence-electron chi connectivity index (χ2n) is 5.93. The van der Waals surface area contributed by atoms with Crippen LogP contribution in [0.4, 0.5) is 5.82 Å². The average Bonchev–Trinajstić information content (AvgIpc) is 2.65. The van der Waals surface area contributed by atoms with Crippen molar-refractivity contribution in [1.82, 2.24) is 9.97 Å². The van der Waals surface area contributed by atoms with Crippen LogP contribution in [-0.2, 0) is 9.09 Å². The number of nitrogens with zero attached hydrogens (tertiary/aromatic N) is 3. The zero-order valence-electron chi connectivity index (χ0n) is 14.3. The van der Waals surface area contributed by atoms with Crippen molar-refractivity contribution < 1.29 is 23.5 Å². The number of ether oxygens (including phenoxy) is 2. The molecule has 1 N–H and O–H groups in total. The summed E-state index contributed by atoms with van der Waals surface area (Å²) in [5.74, 6) is 2.43. The van der Waals surface area contributed by atoms with Crippen molar-refractivity contribution in [3.63, 3.8) is 0 Å². The molecule has 2 heterocycles. The zero-order chi connectivity index (χ0) is 17.8. The van der Waals surface area contributed by atoms with E-state index >= 15 is 0 Å². The summed E-state index contributed by atoms with van der Waals surface area (Å²) in [6, 6.07) is 3.75. The smallest absolute Gasteiger partial charge is 0.316 e. The Labute approximate surface area is 146 Å². The van der Waals surface area contributed by atoms with Gasteiger partial charge in [-0.05, 0) is 24.8 Å². The minimum Gasteiger partial charge on any atom is -0.493 e. The fourth-order valence-electron chi connectivity index (χ4n) is 3.12. The van der Waals surface area contributed by atoms with Gasteiger partial charge in [0.1, 0.15) is 12.1 Å². The number of anilines is 1. The maximum Gasteiger partial charge on any atom is 0.316 e. The quantitative estimate of drug-likeness (QED) is 0.777. The molecule has 8 nitrogen and oxygen atoms in total. The normalized spacial score (nSPS) is 16.8. The molecule has 0 saturated carbocycles. The number of methoxy groups -OCH3 is 2. The lowest BCUT2D eigenvalue weighted by Gasteiger charge is -2.33. The molecule has 1 aliphatic rings. The van der Waals surface area contributed by atoms with Gasteiger partial charge >= 0.3 is 8.25 Å². The molecule has 3 rings (SSSR count). The van der Waals surface area contributed by atoms with Crippen LogP contribution in [0.2, 0.25) is 0 Å². The summed E-state index contributed by atoms with van der Waals surface area (Å²) in [5.41, 5.74) is 0.798. The Kier molecular flexibility index (Phi) is 5.73. The minimum atomic E-state index is -2.85. The maximum absolute atomic E-state index is 10.7. The van der Waals surface area contributed by atoms with Gasteiger partial charge in [0.2, 0.25) is 0 Å². The van der Waals surface area contributed by atoms with Crippen LogP contribution in [0, 0.1) is 5.92 Å². The summed E-state index contributed by atoms with van der Waals surface area (Å²) in [6.07, 6.45) is 3.32. The van der Waals surface area contributed by atoms with Crippen molar-refractivity contribution in [1.29, 1.82) is 0 Å². The van der Waals surface area contributed by atoms with E-state index in [-0.39, 0.29) is 0 Å². The van der Waals surface area contributed by atoms with Crippen LogP contribution in [-0.4, -0.2) is 48.8 Å². The van der Waals surface area contributed by atoms with Crippen LogP contribution in [0.1, 0.15) is 12.8 Å². The highest BCUT2D eigenvalue weighted by molar-refractivity contribution is 7.32. The third kappa shape index (κ3) is 4.03. The summed E-state index contributed by atoms with van der Waals surface area (Å²) in [7, 11) is 0.348. The molecule has 0 aliphatic carbocycles. The molecule has 0 bridgehead atoms. The lowest BCUT2D eigenvalue weighted by atomic mass is 9.97. The predicted molar refractivity (Wildman–Crippen MR) is 94.8 cm³/mol. The first-order valence-corrected chi connectivity index (χ1v) is 9.36. The topological polar surface area (TPSA) is 94.0 Å². The van der Waals surface area contributed by atoms with Gasteiger partial charge in [-0.3, -0.25) is 4.57 Å². The number of aromatic nitrogens is 2. The zero-order valence-corrected chi connectivity index (χ0v) is 15.3. The highest BCUT2D eigenvalue weighted by atomic mass is 31.1. The largest absolute Gasteiger partial charge is 0.493 e. The number of rotatable bonds is 6. The van der Waals surface area contributed by atoms with Crippen LogP contribution < -0.4 is 14.4 Å². The van der Waals surface area contributed by atoms with E-state index in [2.05, 4.69) is 14.9 Å². The van der Waals surface area contributed by atoms with Gasteiger partial charge in [0, 0.05) is 24.5 Å². The van der Waals surface area contributed by atoms with E-state index in [9.17, 15) is 4.57 Å². The molecule has 1 aliphatic heterocycles. The van der Waals surface area contributed by atoms with Crippen molar-refractivity contribution in [2.45, 2.75) is 12.8 Å². The lowest BCUT2D eigenvalue weighted by molar-refractivity contribution is 0.210. The molecule has 1 aromatic carbocycles. The molecule has 1 fully saturated rings. The van der Waals surface area contributed by atoms with Gasteiger partial charge in [0.25, 0.3) is 0 Å². The number of benzene rings is 1. The van der Waals surface area contributed by atoms with E-state index < -0.39 is 8.25 Å². The fraction of sp³-hybridized carbons (Fsp3) is 0.500. The standard InChI is InChI=1S/C16H22N3O5P/c1-22-14-7-12-13(8-15(14)23-2)17-10-18-16(12)19-5-3-11(4-6-19)9-24-25(20)21/h7-8,10-11,25H,3-6,9H2,1-2H3,(H,20,21). The molecule has 1 unspecified atom stereocenters. The molecular weight excluding hydrogens is 345 g/mol. The molecule has 0 amide bonds. The molecule has 1 saturated heterocycles. The molecule has 2 aromatic rings. The minimum absolute atomic E-state index is 0.292.